The third kappa shape index (κ3) is 4.83. The summed E-state index contributed by atoms with van der Waals surface area (Å²) in [6.45, 7) is 6.48. The lowest BCUT2D eigenvalue weighted by molar-refractivity contribution is -0.131. The molecule has 0 saturated carbocycles. The van der Waals surface area contributed by atoms with Crippen LogP contribution < -0.4 is 0 Å². The molecule has 1 aromatic rings. The Bertz CT molecular complexity index is 462. The Hall–Kier alpha value is -1.39. The number of aliphatic hydroxyl groups excluding tert-OH is 1. The zero-order valence-electron chi connectivity index (χ0n) is 12.9. The van der Waals surface area contributed by atoms with E-state index in [1.54, 1.807) is 0 Å². The normalized spacial score (nSPS) is 16.8. The third-order valence-electron chi connectivity index (χ3n) is 4.23. The van der Waals surface area contributed by atoms with Gasteiger partial charge in [0.15, 0.2) is 0 Å². The van der Waals surface area contributed by atoms with E-state index in [1.165, 1.54) is 11.1 Å². The SMILES string of the molecule is Cc1ccccc1CCC(=O)N1CCCN(CCO)CC1. The van der Waals surface area contributed by atoms with E-state index in [0.717, 1.165) is 39.0 Å². The molecule has 1 aliphatic rings. The first-order chi connectivity index (χ1) is 10.2. The number of carbonyl (C=O) groups is 1. The van der Waals surface area contributed by atoms with E-state index < -0.39 is 0 Å². The number of hydrogen-bond acceptors (Lipinski definition) is 3. The molecule has 0 bridgehead atoms. The Kier molecular flexibility index (Phi) is 6.21. The average molecular weight is 290 g/mol. The van der Waals surface area contributed by atoms with E-state index in [4.69, 9.17) is 5.11 Å². The van der Waals surface area contributed by atoms with Crippen molar-refractivity contribution >= 4 is 5.91 Å². The molecule has 1 heterocycles. The van der Waals surface area contributed by atoms with Gasteiger partial charge in [0.05, 0.1) is 6.61 Å². The van der Waals surface area contributed by atoms with Gasteiger partial charge in [0, 0.05) is 32.6 Å². The van der Waals surface area contributed by atoms with Gasteiger partial charge < -0.3 is 10.0 Å². The number of β-amino-alcohol motifs (C(OH)–C–C–N with tert-alkyl or cyclic N) is 1. The van der Waals surface area contributed by atoms with Crippen molar-refractivity contribution in [3.05, 3.63) is 35.4 Å². The van der Waals surface area contributed by atoms with Crippen molar-refractivity contribution < 1.29 is 9.90 Å². The topological polar surface area (TPSA) is 43.8 Å². The Morgan fingerprint density at radius 1 is 1.19 bits per heavy atom. The van der Waals surface area contributed by atoms with Crippen molar-refractivity contribution in [1.82, 2.24) is 9.80 Å². The minimum absolute atomic E-state index is 0.196. The standard InChI is InChI=1S/C17H26N2O2/c1-15-5-2-3-6-16(15)7-8-17(21)19-10-4-9-18(11-12-19)13-14-20/h2-3,5-6,20H,4,7-14H2,1H3. The third-order valence-corrected chi connectivity index (χ3v) is 4.23. The van der Waals surface area contributed by atoms with Crippen LogP contribution in [0.25, 0.3) is 0 Å². The Labute approximate surface area is 127 Å². The van der Waals surface area contributed by atoms with Gasteiger partial charge in [-0.15, -0.1) is 0 Å². The van der Waals surface area contributed by atoms with E-state index >= 15 is 0 Å². The van der Waals surface area contributed by atoms with E-state index in [1.807, 2.05) is 17.0 Å². The second-order valence-corrected chi connectivity index (χ2v) is 5.73. The molecule has 0 atom stereocenters. The Morgan fingerprint density at radius 3 is 2.76 bits per heavy atom. The largest absolute Gasteiger partial charge is 0.395 e. The molecular formula is C17H26N2O2. The molecular weight excluding hydrogens is 264 g/mol. The van der Waals surface area contributed by atoms with E-state index in [2.05, 4.69) is 24.0 Å². The number of benzene rings is 1. The summed E-state index contributed by atoms with van der Waals surface area (Å²) in [6, 6.07) is 8.27. The number of amides is 1. The smallest absolute Gasteiger partial charge is 0.222 e. The minimum atomic E-state index is 0.196. The fourth-order valence-electron chi connectivity index (χ4n) is 2.88. The van der Waals surface area contributed by atoms with Crippen molar-refractivity contribution in [2.75, 3.05) is 39.3 Å². The second kappa shape index (κ2) is 8.15. The first kappa shape index (κ1) is 16.0. The van der Waals surface area contributed by atoms with E-state index in [0.29, 0.717) is 13.0 Å². The predicted molar refractivity (Wildman–Crippen MR) is 84.2 cm³/mol. The van der Waals surface area contributed by atoms with Crippen LogP contribution in [0.1, 0.15) is 24.0 Å². The number of rotatable bonds is 5. The molecule has 0 unspecified atom stereocenters. The first-order valence-corrected chi connectivity index (χ1v) is 7.86. The van der Waals surface area contributed by atoms with Gasteiger partial charge in [-0.05, 0) is 37.4 Å². The first-order valence-electron chi connectivity index (χ1n) is 7.86. The summed E-state index contributed by atoms with van der Waals surface area (Å²) in [5.74, 6) is 0.254. The molecule has 0 aliphatic carbocycles. The predicted octanol–water partition coefficient (Wildman–Crippen LogP) is 1.45. The lowest BCUT2D eigenvalue weighted by atomic mass is 10.0. The van der Waals surface area contributed by atoms with Crippen LogP contribution in [0, 0.1) is 6.92 Å². The molecule has 1 aliphatic heterocycles. The average Bonchev–Trinajstić information content (AvgIpc) is 2.72. The summed E-state index contributed by atoms with van der Waals surface area (Å²) < 4.78 is 0. The van der Waals surface area contributed by atoms with Gasteiger partial charge in [0.1, 0.15) is 0 Å². The van der Waals surface area contributed by atoms with Crippen LogP contribution in [0.15, 0.2) is 24.3 Å². The molecule has 1 fully saturated rings. The molecule has 4 nitrogen and oxygen atoms in total. The molecule has 1 saturated heterocycles. The summed E-state index contributed by atoms with van der Waals surface area (Å²) in [5, 5.41) is 9.00. The second-order valence-electron chi connectivity index (χ2n) is 5.73. The highest BCUT2D eigenvalue weighted by Crippen LogP contribution is 2.11. The van der Waals surface area contributed by atoms with Crippen molar-refractivity contribution in [3.63, 3.8) is 0 Å². The fourth-order valence-corrected chi connectivity index (χ4v) is 2.88. The number of aliphatic hydroxyl groups is 1. The molecule has 0 aromatic heterocycles. The maximum atomic E-state index is 12.4. The molecule has 0 spiro atoms. The number of nitrogens with zero attached hydrogens (tertiary/aromatic N) is 2. The van der Waals surface area contributed by atoms with Crippen LogP contribution >= 0.6 is 0 Å². The highest BCUT2D eigenvalue weighted by Gasteiger charge is 2.18. The Balaban J connectivity index is 1.82. The maximum absolute atomic E-state index is 12.4. The minimum Gasteiger partial charge on any atom is -0.395 e. The fraction of sp³-hybridized carbons (Fsp3) is 0.588. The molecule has 1 aromatic carbocycles. The van der Waals surface area contributed by atoms with Crippen molar-refractivity contribution in [2.45, 2.75) is 26.2 Å². The molecule has 4 heteroatoms. The van der Waals surface area contributed by atoms with E-state index in [9.17, 15) is 4.79 Å². The lowest BCUT2D eigenvalue weighted by Crippen LogP contribution is -2.36. The summed E-state index contributed by atoms with van der Waals surface area (Å²) >= 11 is 0. The van der Waals surface area contributed by atoms with Gasteiger partial charge >= 0.3 is 0 Å². The number of aryl methyl sites for hydroxylation is 2. The number of hydrogen-bond donors (Lipinski definition) is 1. The Morgan fingerprint density at radius 2 is 2.00 bits per heavy atom. The molecule has 0 radical (unpaired) electrons. The van der Waals surface area contributed by atoms with Crippen LogP contribution in [0.3, 0.4) is 0 Å². The molecule has 116 valence electrons. The lowest BCUT2D eigenvalue weighted by Gasteiger charge is -2.21. The summed E-state index contributed by atoms with van der Waals surface area (Å²) in [4.78, 5) is 16.6. The molecule has 1 N–H and O–H groups in total. The monoisotopic (exact) mass is 290 g/mol. The van der Waals surface area contributed by atoms with Crippen LogP contribution in [-0.2, 0) is 11.2 Å². The highest BCUT2D eigenvalue weighted by atomic mass is 16.3. The van der Waals surface area contributed by atoms with Crippen molar-refractivity contribution in [1.29, 1.82) is 0 Å². The zero-order chi connectivity index (χ0) is 15.1. The van der Waals surface area contributed by atoms with Gasteiger partial charge in [-0.25, -0.2) is 0 Å². The zero-order valence-corrected chi connectivity index (χ0v) is 12.9. The summed E-state index contributed by atoms with van der Waals surface area (Å²) in [6.07, 6.45) is 2.41. The molecule has 21 heavy (non-hydrogen) atoms. The highest BCUT2D eigenvalue weighted by molar-refractivity contribution is 5.76. The van der Waals surface area contributed by atoms with Crippen LogP contribution in [-0.4, -0.2) is 60.1 Å². The van der Waals surface area contributed by atoms with Gasteiger partial charge in [-0.1, -0.05) is 24.3 Å². The summed E-state index contributed by atoms with van der Waals surface area (Å²) in [7, 11) is 0. The van der Waals surface area contributed by atoms with Gasteiger partial charge in [0.2, 0.25) is 5.91 Å². The quantitative estimate of drug-likeness (QED) is 0.893. The van der Waals surface area contributed by atoms with Crippen LogP contribution in [0.5, 0.6) is 0 Å². The van der Waals surface area contributed by atoms with Crippen molar-refractivity contribution in [3.8, 4) is 0 Å². The van der Waals surface area contributed by atoms with Gasteiger partial charge in [-0.3, -0.25) is 9.69 Å². The van der Waals surface area contributed by atoms with Gasteiger partial charge in [-0.2, -0.15) is 0 Å². The maximum Gasteiger partial charge on any atom is 0.222 e. The van der Waals surface area contributed by atoms with Crippen LogP contribution in [0.4, 0.5) is 0 Å². The molecule has 1 amide bonds. The molecule has 2 rings (SSSR count). The number of carbonyl (C=O) groups excluding carboxylic acids is 1. The summed E-state index contributed by atoms with van der Waals surface area (Å²) in [5.41, 5.74) is 2.53. The van der Waals surface area contributed by atoms with Crippen molar-refractivity contribution in [2.24, 2.45) is 0 Å². The van der Waals surface area contributed by atoms with E-state index in [-0.39, 0.29) is 12.5 Å². The van der Waals surface area contributed by atoms with Gasteiger partial charge in [0.25, 0.3) is 0 Å². The van der Waals surface area contributed by atoms with Crippen LogP contribution in [0.2, 0.25) is 0 Å².